The van der Waals surface area contributed by atoms with Crippen molar-refractivity contribution in [1.29, 1.82) is 0 Å². The summed E-state index contributed by atoms with van der Waals surface area (Å²) in [6, 6.07) is 17.4. The number of benzene rings is 2. The van der Waals surface area contributed by atoms with Crippen LogP contribution in [0.1, 0.15) is 22.6 Å². The lowest BCUT2D eigenvalue weighted by atomic mass is 10.0. The van der Waals surface area contributed by atoms with Gasteiger partial charge in [-0.15, -0.1) is 0 Å². The van der Waals surface area contributed by atoms with Crippen LogP contribution in [0, 0.1) is 13.8 Å². The van der Waals surface area contributed by atoms with Gasteiger partial charge in [-0.1, -0.05) is 41.9 Å². The third kappa shape index (κ3) is 5.37. The molecule has 0 radical (unpaired) electrons. The predicted octanol–water partition coefficient (Wildman–Crippen LogP) is 4.07. The van der Waals surface area contributed by atoms with E-state index in [4.69, 9.17) is 21.3 Å². The lowest BCUT2D eigenvalue weighted by Crippen LogP contribution is -2.50. The third-order valence-corrected chi connectivity index (χ3v) is 5.89. The summed E-state index contributed by atoms with van der Waals surface area (Å²) in [5.74, 6) is 2.37. The number of amides is 1. The molecule has 166 valence electrons. The van der Waals surface area contributed by atoms with Gasteiger partial charge in [0.1, 0.15) is 17.4 Å². The van der Waals surface area contributed by atoms with Crippen LogP contribution in [0.15, 0.2) is 54.6 Å². The maximum Gasteiger partial charge on any atom is 0.260 e. The summed E-state index contributed by atoms with van der Waals surface area (Å²) in [6.45, 7) is 6.72. The Morgan fingerprint density at radius 1 is 0.969 bits per heavy atom. The highest BCUT2D eigenvalue weighted by molar-refractivity contribution is 6.30. The van der Waals surface area contributed by atoms with Crippen molar-refractivity contribution in [2.75, 3.05) is 37.7 Å². The molecule has 6 nitrogen and oxygen atoms in total. The van der Waals surface area contributed by atoms with Crippen molar-refractivity contribution in [3.63, 3.8) is 0 Å². The van der Waals surface area contributed by atoms with Crippen molar-refractivity contribution in [3.8, 4) is 5.75 Å². The standard InChI is InChI=1S/C25H27ClN4O2/c1-18-23(16-20-6-4-3-5-7-20)25(28-19(2)27-18)30-14-12-29(13-15-30)24(31)17-32-22-10-8-21(26)9-11-22/h3-11H,12-17H2,1-2H3. The Bertz CT molecular complexity index is 1070. The quantitative estimate of drug-likeness (QED) is 0.566. The first-order valence-corrected chi connectivity index (χ1v) is 11.2. The van der Waals surface area contributed by atoms with Gasteiger partial charge >= 0.3 is 0 Å². The van der Waals surface area contributed by atoms with Gasteiger partial charge in [-0.2, -0.15) is 0 Å². The SMILES string of the molecule is Cc1nc(C)c(Cc2ccccc2)c(N2CCN(C(=O)COc3ccc(Cl)cc3)CC2)n1. The van der Waals surface area contributed by atoms with E-state index in [1.807, 2.05) is 24.8 Å². The van der Waals surface area contributed by atoms with Crippen LogP contribution in [0.5, 0.6) is 5.75 Å². The van der Waals surface area contributed by atoms with E-state index in [1.165, 1.54) is 5.56 Å². The number of piperazine rings is 1. The molecule has 0 saturated carbocycles. The molecule has 0 atom stereocenters. The highest BCUT2D eigenvalue weighted by atomic mass is 35.5. The molecule has 1 amide bonds. The molecule has 1 aliphatic rings. The smallest absolute Gasteiger partial charge is 0.260 e. The Hall–Kier alpha value is -3.12. The second-order valence-corrected chi connectivity index (χ2v) is 8.37. The third-order valence-electron chi connectivity index (χ3n) is 5.64. The van der Waals surface area contributed by atoms with Crippen LogP contribution in [0.25, 0.3) is 0 Å². The lowest BCUT2D eigenvalue weighted by molar-refractivity contribution is -0.133. The maximum absolute atomic E-state index is 12.6. The second kappa shape index (κ2) is 10.0. The van der Waals surface area contributed by atoms with E-state index < -0.39 is 0 Å². The summed E-state index contributed by atoms with van der Waals surface area (Å²) in [4.78, 5) is 26.1. The molecule has 1 fully saturated rings. The Kier molecular flexibility index (Phi) is 6.90. The molecular formula is C25H27ClN4O2. The minimum Gasteiger partial charge on any atom is -0.484 e. The zero-order valence-corrected chi connectivity index (χ0v) is 19.2. The number of rotatable bonds is 6. The Labute approximate surface area is 193 Å². The fraction of sp³-hybridized carbons (Fsp3) is 0.320. The number of aromatic nitrogens is 2. The summed E-state index contributed by atoms with van der Waals surface area (Å²) >= 11 is 5.89. The number of anilines is 1. The molecule has 4 rings (SSSR count). The molecule has 0 aliphatic carbocycles. The highest BCUT2D eigenvalue weighted by Crippen LogP contribution is 2.25. The minimum atomic E-state index is -0.0147. The van der Waals surface area contributed by atoms with E-state index in [0.717, 1.165) is 42.4 Å². The normalized spacial score (nSPS) is 13.8. The molecule has 1 aliphatic heterocycles. The molecule has 1 aromatic heterocycles. The topological polar surface area (TPSA) is 58.6 Å². The van der Waals surface area contributed by atoms with E-state index in [0.29, 0.717) is 23.9 Å². The molecule has 0 unspecified atom stereocenters. The molecule has 32 heavy (non-hydrogen) atoms. The second-order valence-electron chi connectivity index (χ2n) is 7.93. The Morgan fingerprint density at radius 3 is 2.34 bits per heavy atom. The average Bonchev–Trinajstić information content (AvgIpc) is 2.81. The minimum absolute atomic E-state index is 0.0147. The van der Waals surface area contributed by atoms with Crippen molar-refractivity contribution in [1.82, 2.24) is 14.9 Å². The molecule has 2 heterocycles. The van der Waals surface area contributed by atoms with E-state index in [2.05, 4.69) is 34.1 Å². The van der Waals surface area contributed by atoms with Crippen molar-refractivity contribution >= 4 is 23.3 Å². The number of carbonyl (C=O) groups excluding carboxylic acids is 1. The number of carbonyl (C=O) groups is 1. The van der Waals surface area contributed by atoms with Gasteiger partial charge in [0.2, 0.25) is 0 Å². The van der Waals surface area contributed by atoms with E-state index >= 15 is 0 Å². The van der Waals surface area contributed by atoms with Gasteiger partial charge in [0.25, 0.3) is 5.91 Å². The zero-order chi connectivity index (χ0) is 22.5. The van der Waals surface area contributed by atoms with Gasteiger partial charge < -0.3 is 14.5 Å². The highest BCUT2D eigenvalue weighted by Gasteiger charge is 2.25. The van der Waals surface area contributed by atoms with Gasteiger partial charge in [0.05, 0.1) is 0 Å². The van der Waals surface area contributed by atoms with E-state index in [-0.39, 0.29) is 12.5 Å². The first-order valence-electron chi connectivity index (χ1n) is 10.8. The Morgan fingerprint density at radius 2 is 1.66 bits per heavy atom. The van der Waals surface area contributed by atoms with Gasteiger partial charge in [-0.05, 0) is 43.7 Å². The van der Waals surface area contributed by atoms with Gasteiger partial charge in [0.15, 0.2) is 6.61 Å². The monoisotopic (exact) mass is 450 g/mol. The van der Waals surface area contributed by atoms with Crippen LogP contribution in [0.4, 0.5) is 5.82 Å². The lowest BCUT2D eigenvalue weighted by Gasteiger charge is -2.36. The number of hydrogen-bond donors (Lipinski definition) is 0. The number of ether oxygens (including phenoxy) is 1. The van der Waals surface area contributed by atoms with Crippen molar-refractivity contribution in [2.45, 2.75) is 20.3 Å². The number of nitrogens with zero attached hydrogens (tertiary/aromatic N) is 4. The van der Waals surface area contributed by atoms with Crippen LogP contribution < -0.4 is 9.64 Å². The summed E-state index contributed by atoms with van der Waals surface area (Å²) < 4.78 is 5.62. The largest absolute Gasteiger partial charge is 0.484 e. The molecule has 1 saturated heterocycles. The van der Waals surface area contributed by atoms with Crippen LogP contribution in [0.3, 0.4) is 0 Å². The summed E-state index contributed by atoms with van der Waals surface area (Å²) in [7, 11) is 0. The fourth-order valence-corrected chi connectivity index (χ4v) is 4.05. The van der Waals surface area contributed by atoms with Crippen LogP contribution in [0.2, 0.25) is 5.02 Å². The Balaban J connectivity index is 1.40. The predicted molar refractivity (Wildman–Crippen MR) is 126 cm³/mol. The van der Waals surface area contributed by atoms with Crippen LogP contribution in [-0.2, 0) is 11.2 Å². The van der Waals surface area contributed by atoms with Gasteiger partial charge in [-0.3, -0.25) is 4.79 Å². The van der Waals surface area contributed by atoms with Crippen LogP contribution in [-0.4, -0.2) is 53.6 Å². The molecule has 2 aromatic carbocycles. The molecule has 0 spiro atoms. The summed E-state index contributed by atoms with van der Waals surface area (Å²) in [5, 5.41) is 0.640. The molecule has 7 heteroatoms. The van der Waals surface area contributed by atoms with Crippen molar-refractivity contribution in [3.05, 3.63) is 82.3 Å². The maximum atomic E-state index is 12.6. The number of halogens is 1. The molecular weight excluding hydrogens is 424 g/mol. The molecule has 3 aromatic rings. The van der Waals surface area contributed by atoms with Gasteiger partial charge in [0, 0.05) is 48.9 Å². The number of hydrogen-bond acceptors (Lipinski definition) is 5. The van der Waals surface area contributed by atoms with Crippen molar-refractivity contribution in [2.24, 2.45) is 0 Å². The fourth-order valence-electron chi connectivity index (χ4n) is 3.92. The summed E-state index contributed by atoms with van der Waals surface area (Å²) in [6.07, 6.45) is 0.788. The first kappa shape index (κ1) is 22.1. The summed E-state index contributed by atoms with van der Waals surface area (Å²) in [5.41, 5.74) is 3.39. The van der Waals surface area contributed by atoms with Crippen LogP contribution >= 0.6 is 11.6 Å². The zero-order valence-electron chi connectivity index (χ0n) is 18.4. The van der Waals surface area contributed by atoms with Crippen molar-refractivity contribution < 1.29 is 9.53 Å². The average molecular weight is 451 g/mol. The van der Waals surface area contributed by atoms with E-state index in [9.17, 15) is 4.79 Å². The molecule has 0 bridgehead atoms. The van der Waals surface area contributed by atoms with E-state index in [1.54, 1.807) is 24.3 Å². The first-order chi connectivity index (χ1) is 15.5. The number of aryl methyl sites for hydroxylation is 2. The molecule has 0 N–H and O–H groups in total. The van der Waals surface area contributed by atoms with Gasteiger partial charge in [-0.25, -0.2) is 9.97 Å².